The van der Waals surface area contributed by atoms with Crippen molar-refractivity contribution in [3.63, 3.8) is 0 Å². The van der Waals surface area contributed by atoms with Crippen LogP contribution >= 0.6 is 0 Å². The van der Waals surface area contributed by atoms with Gasteiger partial charge in [-0.05, 0) is 0 Å². The average molecular weight is 520 g/mol. The summed E-state index contributed by atoms with van der Waals surface area (Å²) in [6, 6.07) is 0. The van der Waals surface area contributed by atoms with Crippen molar-refractivity contribution in [2.24, 2.45) is 5.41 Å². The van der Waals surface area contributed by atoms with Crippen LogP contribution in [0.2, 0.25) is 0 Å². The number of hydrogen-bond donors (Lipinski definition) is 0. The van der Waals surface area contributed by atoms with Crippen LogP contribution in [-0.2, 0) is 0 Å². The Bertz CT molecular complexity index is 605. The maximum absolute atomic E-state index is 13.5. The third kappa shape index (κ3) is 3.43. The van der Waals surface area contributed by atoms with Crippen LogP contribution in [0.4, 0.5) is 92.2 Å². The summed E-state index contributed by atoms with van der Waals surface area (Å²) < 4.78 is 267. The first-order valence-electron chi connectivity index (χ1n) is 6.32. The lowest BCUT2D eigenvalue weighted by atomic mass is 9.73. The Hall–Kier alpha value is -1.47. The summed E-state index contributed by atoms with van der Waals surface area (Å²) in [6.07, 6.45) is -32.5. The van der Waals surface area contributed by atoms with Crippen molar-refractivity contribution < 1.29 is 92.2 Å². The summed E-state index contributed by atoms with van der Waals surface area (Å²) in [4.78, 5) is 0. The summed E-state index contributed by atoms with van der Waals surface area (Å²) in [6.45, 7) is 0. The highest BCUT2D eigenvalue weighted by atomic mass is 19.4. The molecule has 21 heteroatoms. The molecule has 0 saturated carbocycles. The van der Waals surface area contributed by atoms with Crippen molar-refractivity contribution in [1.82, 2.24) is 0 Å². The van der Waals surface area contributed by atoms with Gasteiger partial charge in [-0.3, -0.25) is 0 Å². The summed E-state index contributed by atoms with van der Waals surface area (Å²) in [5.74, 6) is -44.3. The SMILES string of the molecule is FC(F)C(F)(F)C(F)(F)C(F)(F)C(F)(F)C(F)(F)C(C(F)(F)F)(C(F)(F)F)C(F)(F)F. The van der Waals surface area contributed by atoms with E-state index in [4.69, 9.17) is 0 Å². The normalized spacial score (nSPS) is 16.8. The summed E-state index contributed by atoms with van der Waals surface area (Å²) in [5.41, 5.74) is -9.25. The van der Waals surface area contributed by atoms with Crippen LogP contribution in [0.25, 0.3) is 0 Å². The predicted molar refractivity (Wildman–Crippen MR) is 51.3 cm³/mol. The molecular weight excluding hydrogens is 519 g/mol. The van der Waals surface area contributed by atoms with Gasteiger partial charge in [0.1, 0.15) is 0 Å². The fourth-order valence-electron chi connectivity index (χ4n) is 1.99. The van der Waals surface area contributed by atoms with E-state index in [1.54, 1.807) is 0 Å². The molecule has 0 heterocycles. The van der Waals surface area contributed by atoms with Gasteiger partial charge in [0.2, 0.25) is 0 Å². The van der Waals surface area contributed by atoms with Gasteiger partial charge in [0, 0.05) is 0 Å². The quantitative estimate of drug-likeness (QED) is 0.328. The van der Waals surface area contributed by atoms with Gasteiger partial charge >= 0.3 is 60.0 Å². The Balaban J connectivity index is 7.50. The number of halogens is 21. The molecule has 0 aromatic carbocycles. The first kappa shape index (κ1) is 29.5. The second kappa shape index (κ2) is 7.01. The lowest BCUT2D eigenvalue weighted by Crippen LogP contribution is -2.78. The molecule has 0 fully saturated rings. The molecule has 0 N–H and O–H groups in total. The van der Waals surface area contributed by atoms with E-state index in [9.17, 15) is 92.2 Å². The molecule has 0 atom stereocenters. The van der Waals surface area contributed by atoms with Crippen molar-refractivity contribution in [3.05, 3.63) is 0 Å². The molecule has 0 saturated heterocycles. The van der Waals surface area contributed by atoms with Crippen LogP contribution in [0.3, 0.4) is 0 Å². The summed E-state index contributed by atoms with van der Waals surface area (Å²) in [5, 5.41) is 0. The molecule has 0 aromatic heterocycles. The zero-order chi connectivity index (χ0) is 26.1. The van der Waals surface area contributed by atoms with Crippen molar-refractivity contribution >= 4 is 0 Å². The minimum atomic E-state index is -9.46. The zero-order valence-corrected chi connectivity index (χ0v) is 13.0. The molecule has 0 amide bonds. The van der Waals surface area contributed by atoms with Crippen LogP contribution in [-0.4, -0.2) is 54.6 Å². The number of hydrogen-bond acceptors (Lipinski definition) is 0. The van der Waals surface area contributed by atoms with Gasteiger partial charge in [0.05, 0.1) is 0 Å². The smallest absolute Gasteiger partial charge is 0.203 e. The van der Waals surface area contributed by atoms with E-state index >= 15 is 0 Å². The lowest BCUT2D eigenvalue weighted by Gasteiger charge is -2.48. The van der Waals surface area contributed by atoms with Crippen molar-refractivity contribution in [2.45, 2.75) is 54.6 Å². The van der Waals surface area contributed by atoms with Gasteiger partial charge in [0.25, 0.3) is 0 Å². The third-order valence-corrected chi connectivity index (χ3v) is 3.62. The van der Waals surface area contributed by atoms with Gasteiger partial charge < -0.3 is 0 Å². The fourth-order valence-corrected chi connectivity index (χ4v) is 1.99. The zero-order valence-electron chi connectivity index (χ0n) is 13.0. The van der Waals surface area contributed by atoms with E-state index in [-0.39, 0.29) is 0 Å². The molecule has 0 radical (unpaired) electrons. The van der Waals surface area contributed by atoms with E-state index in [1.807, 2.05) is 0 Å². The highest BCUT2D eigenvalue weighted by Gasteiger charge is 3.02. The van der Waals surface area contributed by atoms with Crippen molar-refractivity contribution in [3.8, 4) is 0 Å². The molecular formula is C10HF21. The second-order valence-electron chi connectivity index (χ2n) is 5.46. The maximum Gasteiger partial charge on any atom is 0.418 e. The van der Waals surface area contributed by atoms with Gasteiger partial charge in [-0.25, -0.2) is 8.78 Å². The van der Waals surface area contributed by atoms with Crippen LogP contribution in [0.5, 0.6) is 0 Å². The van der Waals surface area contributed by atoms with Gasteiger partial charge in [-0.1, -0.05) is 0 Å². The van der Waals surface area contributed by atoms with E-state index in [0.29, 0.717) is 0 Å². The standard InChI is InChI=1S/C10HF21/c11-1(12)2(13,14)4(15,16)6(19,20)7(21,22)5(17,18)3(8(23,24)25,9(26,27)28)10(29,30)31/h1H. The van der Waals surface area contributed by atoms with Crippen LogP contribution in [0, 0.1) is 5.41 Å². The minimum absolute atomic E-state index is 6.18. The largest absolute Gasteiger partial charge is 0.418 e. The first-order valence-corrected chi connectivity index (χ1v) is 6.32. The number of alkyl halides is 21. The molecule has 0 aliphatic heterocycles. The van der Waals surface area contributed by atoms with Gasteiger partial charge in [0.15, 0.2) is 0 Å². The molecule has 188 valence electrons. The predicted octanol–water partition coefficient (Wildman–Crippen LogP) is 7.10. The molecule has 0 unspecified atom stereocenters. The van der Waals surface area contributed by atoms with E-state index < -0.39 is 60.0 Å². The third-order valence-electron chi connectivity index (χ3n) is 3.62. The number of rotatable bonds is 6. The minimum Gasteiger partial charge on any atom is -0.203 e. The highest BCUT2D eigenvalue weighted by Crippen LogP contribution is 2.72. The van der Waals surface area contributed by atoms with Gasteiger partial charge in [-0.2, -0.15) is 83.4 Å². The van der Waals surface area contributed by atoms with E-state index in [2.05, 4.69) is 0 Å². The van der Waals surface area contributed by atoms with Crippen molar-refractivity contribution in [2.75, 3.05) is 0 Å². The summed E-state index contributed by atoms with van der Waals surface area (Å²) in [7, 11) is 0. The molecule has 0 aliphatic carbocycles. The Morgan fingerprint density at radius 1 is 0.323 bits per heavy atom. The monoisotopic (exact) mass is 520 g/mol. The highest BCUT2D eigenvalue weighted by molar-refractivity contribution is 5.19. The first-order chi connectivity index (χ1) is 12.9. The molecule has 0 aromatic rings. The Morgan fingerprint density at radius 2 is 0.548 bits per heavy atom. The summed E-state index contributed by atoms with van der Waals surface area (Å²) >= 11 is 0. The Labute approximate surface area is 153 Å². The van der Waals surface area contributed by atoms with E-state index in [1.165, 1.54) is 0 Å². The van der Waals surface area contributed by atoms with Crippen molar-refractivity contribution in [1.29, 1.82) is 0 Å². The average Bonchev–Trinajstić information content (AvgIpc) is 2.40. The molecule has 31 heavy (non-hydrogen) atoms. The molecule has 0 spiro atoms. The molecule has 0 rings (SSSR count). The van der Waals surface area contributed by atoms with Crippen LogP contribution in [0.1, 0.15) is 0 Å². The second-order valence-corrected chi connectivity index (χ2v) is 5.46. The van der Waals surface area contributed by atoms with Crippen LogP contribution in [0.15, 0.2) is 0 Å². The fraction of sp³-hybridized carbons (Fsp3) is 1.00. The molecule has 0 nitrogen and oxygen atoms in total. The topological polar surface area (TPSA) is 0 Å². The molecule has 0 aliphatic rings. The lowest BCUT2D eigenvalue weighted by molar-refractivity contribution is -0.517. The maximum atomic E-state index is 13.5. The van der Waals surface area contributed by atoms with Gasteiger partial charge in [-0.15, -0.1) is 0 Å². The Kier molecular flexibility index (Phi) is 6.68. The van der Waals surface area contributed by atoms with E-state index in [0.717, 1.165) is 0 Å². The van der Waals surface area contributed by atoms with Crippen LogP contribution < -0.4 is 0 Å². The molecule has 0 bridgehead atoms. The Morgan fingerprint density at radius 3 is 0.742 bits per heavy atom.